The maximum absolute atomic E-state index is 12.2. The monoisotopic (exact) mass is 264 g/mol. The SMILES string of the molecule is CN1CCC(CN(C)C(=O)c2ccc(S)cc2)C1. The maximum Gasteiger partial charge on any atom is 0.253 e. The Morgan fingerprint density at radius 1 is 1.44 bits per heavy atom. The molecule has 98 valence electrons. The Kier molecular flexibility index (Phi) is 4.30. The Hall–Kier alpha value is -1.00. The molecular formula is C14H20N2OS. The van der Waals surface area contributed by atoms with Gasteiger partial charge < -0.3 is 9.80 Å². The highest BCUT2D eigenvalue weighted by Crippen LogP contribution is 2.16. The number of hydrogen-bond acceptors (Lipinski definition) is 3. The summed E-state index contributed by atoms with van der Waals surface area (Å²) in [5.74, 6) is 0.700. The fourth-order valence-electron chi connectivity index (χ4n) is 2.47. The van der Waals surface area contributed by atoms with Gasteiger partial charge in [0.1, 0.15) is 0 Å². The topological polar surface area (TPSA) is 23.6 Å². The summed E-state index contributed by atoms with van der Waals surface area (Å²) in [5.41, 5.74) is 0.738. The van der Waals surface area contributed by atoms with E-state index < -0.39 is 0 Å². The van der Waals surface area contributed by atoms with Crippen LogP contribution in [-0.4, -0.2) is 49.4 Å². The van der Waals surface area contributed by atoms with Gasteiger partial charge in [0.05, 0.1) is 0 Å². The highest BCUT2D eigenvalue weighted by Gasteiger charge is 2.22. The van der Waals surface area contributed by atoms with Gasteiger partial charge in [-0.05, 0) is 50.2 Å². The molecule has 0 aromatic heterocycles. The van der Waals surface area contributed by atoms with E-state index in [2.05, 4.69) is 24.6 Å². The normalized spacial score (nSPS) is 20.1. The zero-order chi connectivity index (χ0) is 13.1. The Bertz CT molecular complexity index is 418. The Balaban J connectivity index is 1.94. The number of amides is 1. The van der Waals surface area contributed by atoms with Crippen molar-refractivity contribution >= 4 is 18.5 Å². The first-order valence-corrected chi connectivity index (χ1v) is 6.74. The van der Waals surface area contributed by atoms with E-state index in [0.717, 1.165) is 30.1 Å². The second-order valence-corrected chi connectivity index (χ2v) is 5.67. The van der Waals surface area contributed by atoms with Gasteiger partial charge in [0.25, 0.3) is 5.91 Å². The molecule has 4 heteroatoms. The summed E-state index contributed by atoms with van der Waals surface area (Å²) in [6.45, 7) is 3.07. The van der Waals surface area contributed by atoms with Gasteiger partial charge in [-0.3, -0.25) is 4.79 Å². The van der Waals surface area contributed by atoms with Crippen LogP contribution in [0.4, 0.5) is 0 Å². The third-order valence-corrected chi connectivity index (χ3v) is 3.78. The van der Waals surface area contributed by atoms with Gasteiger partial charge in [-0.1, -0.05) is 0 Å². The van der Waals surface area contributed by atoms with E-state index in [-0.39, 0.29) is 5.91 Å². The van der Waals surface area contributed by atoms with E-state index in [1.165, 1.54) is 6.42 Å². The minimum absolute atomic E-state index is 0.0953. The van der Waals surface area contributed by atoms with Crippen LogP contribution in [-0.2, 0) is 0 Å². The molecule has 0 spiro atoms. The average Bonchev–Trinajstić information content (AvgIpc) is 2.75. The van der Waals surface area contributed by atoms with Gasteiger partial charge in [0.2, 0.25) is 0 Å². The number of hydrogen-bond donors (Lipinski definition) is 1. The molecule has 0 N–H and O–H groups in total. The molecule has 0 radical (unpaired) electrons. The fraction of sp³-hybridized carbons (Fsp3) is 0.500. The second-order valence-electron chi connectivity index (χ2n) is 5.15. The average molecular weight is 264 g/mol. The lowest BCUT2D eigenvalue weighted by molar-refractivity contribution is 0.0774. The van der Waals surface area contributed by atoms with Crippen molar-refractivity contribution in [1.29, 1.82) is 0 Å². The smallest absolute Gasteiger partial charge is 0.253 e. The maximum atomic E-state index is 12.2. The van der Waals surface area contributed by atoms with E-state index in [4.69, 9.17) is 0 Å². The molecular weight excluding hydrogens is 244 g/mol. The van der Waals surface area contributed by atoms with Crippen molar-refractivity contribution in [3.63, 3.8) is 0 Å². The molecule has 0 bridgehead atoms. The first-order valence-electron chi connectivity index (χ1n) is 6.29. The van der Waals surface area contributed by atoms with Crippen LogP contribution in [0.5, 0.6) is 0 Å². The Morgan fingerprint density at radius 2 is 2.11 bits per heavy atom. The summed E-state index contributed by atoms with van der Waals surface area (Å²) < 4.78 is 0. The van der Waals surface area contributed by atoms with E-state index in [1.807, 2.05) is 36.2 Å². The fourth-order valence-corrected chi connectivity index (χ4v) is 2.62. The molecule has 1 aliphatic rings. The van der Waals surface area contributed by atoms with Crippen molar-refractivity contribution in [1.82, 2.24) is 9.80 Å². The molecule has 1 atom stereocenters. The molecule has 1 aromatic carbocycles. The van der Waals surface area contributed by atoms with Crippen LogP contribution in [0, 0.1) is 5.92 Å². The summed E-state index contributed by atoms with van der Waals surface area (Å²) in [6.07, 6.45) is 1.18. The summed E-state index contributed by atoms with van der Waals surface area (Å²) in [4.78, 5) is 17.2. The van der Waals surface area contributed by atoms with Crippen molar-refractivity contribution in [3.05, 3.63) is 29.8 Å². The van der Waals surface area contributed by atoms with Gasteiger partial charge in [0, 0.05) is 30.6 Å². The summed E-state index contributed by atoms with van der Waals surface area (Å²) >= 11 is 4.23. The van der Waals surface area contributed by atoms with Crippen LogP contribution in [0.2, 0.25) is 0 Å². The van der Waals surface area contributed by atoms with Crippen molar-refractivity contribution in [2.75, 3.05) is 33.7 Å². The Labute approximate surface area is 114 Å². The number of likely N-dealkylation sites (tertiary alicyclic amines) is 1. The van der Waals surface area contributed by atoms with Gasteiger partial charge in [0.15, 0.2) is 0 Å². The number of nitrogens with zero attached hydrogens (tertiary/aromatic N) is 2. The molecule has 1 saturated heterocycles. The van der Waals surface area contributed by atoms with Gasteiger partial charge >= 0.3 is 0 Å². The minimum Gasteiger partial charge on any atom is -0.341 e. The van der Waals surface area contributed by atoms with Gasteiger partial charge in [-0.15, -0.1) is 12.6 Å². The van der Waals surface area contributed by atoms with Gasteiger partial charge in [-0.25, -0.2) is 0 Å². The van der Waals surface area contributed by atoms with Crippen LogP contribution in [0.3, 0.4) is 0 Å². The van der Waals surface area contributed by atoms with E-state index in [1.54, 1.807) is 0 Å². The highest BCUT2D eigenvalue weighted by atomic mass is 32.1. The summed E-state index contributed by atoms with van der Waals surface area (Å²) in [6, 6.07) is 7.38. The van der Waals surface area contributed by atoms with Crippen LogP contribution in [0.15, 0.2) is 29.2 Å². The standard InChI is InChI=1S/C14H20N2OS/c1-15-8-7-11(9-15)10-16(2)14(17)12-3-5-13(18)6-4-12/h3-6,11,18H,7-10H2,1-2H3. The predicted molar refractivity (Wildman–Crippen MR) is 76.3 cm³/mol. The molecule has 1 amide bonds. The number of carbonyl (C=O) groups is 1. The number of thiol groups is 1. The van der Waals surface area contributed by atoms with E-state index in [0.29, 0.717) is 5.92 Å². The predicted octanol–water partition coefficient (Wildman–Crippen LogP) is 2.00. The van der Waals surface area contributed by atoms with Gasteiger partial charge in [-0.2, -0.15) is 0 Å². The zero-order valence-electron chi connectivity index (χ0n) is 11.0. The van der Waals surface area contributed by atoms with Crippen molar-refractivity contribution < 1.29 is 4.79 Å². The molecule has 1 aromatic rings. The highest BCUT2D eigenvalue weighted by molar-refractivity contribution is 7.80. The van der Waals surface area contributed by atoms with E-state index in [9.17, 15) is 4.79 Å². The molecule has 0 saturated carbocycles. The van der Waals surface area contributed by atoms with Crippen molar-refractivity contribution in [3.8, 4) is 0 Å². The lowest BCUT2D eigenvalue weighted by Crippen LogP contribution is -2.32. The summed E-state index contributed by atoms with van der Waals surface area (Å²) in [7, 11) is 4.02. The quantitative estimate of drug-likeness (QED) is 0.844. The number of carbonyl (C=O) groups excluding carboxylic acids is 1. The molecule has 0 aliphatic carbocycles. The molecule has 3 nitrogen and oxygen atoms in total. The first kappa shape index (κ1) is 13.4. The minimum atomic E-state index is 0.0953. The molecule has 1 aliphatic heterocycles. The van der Waals surface area contributed by atoms with Crippen molar-refractivity contribution in [2.45, 2.75) is 11.3 Å². The third kappa shape index (κ3) is 3.27. The molecule has 2 rings (SSSR count). The van der Waals surface area contributed by atoms with Crippen molar-refractivity contribution in [2.24, 2.45) is 5.92 Å². The van der Waals surface area contributed by atoms with Crippen LogP contribution < -0.4 is 0 Å². The largest absolute Gasteiger partial charge is 0.341 e. The van der Waals surface area contributed by atoms with Crippen LogP contribution in [0.25, 0.3) is 0 Å². The van der Waals surface area contributed by atoms with Crippen LogP contribution >= 0.6 is 12.6 Å². The zero-order valence-corrected chi connectivity index (χ0v) is 11.9. The summed E-state index contributed by atoms with van der Waals surface area (Å²) in [5, 5.41) is 0. The lowest BCUT2D eigenvalue weighted by atomic mass is 10.1. The molecule has 1 fully saturated rings. The lowest BCUT2D eigenvalue weighted by Gasteiger charge is -2.21. The molecule has 18 heavy (non-hydrogen) atoms. The van der Waals surface area contributed by atoms with E-state index >= 15 is 0 Å². The number of benzene rings is 1. The first-order chi connectivity index (χ1) is 8.56. The second kappa shape index (κ2) is 5.76. The molecule has 1 unspecified atom stereocenters. The third-order valence-electron chi connectivity index (χ3n) is 3.48. The Morgan fingerprint density at radius 3 is 2.67 bits per heavy atom. The van der Waals surface area contributed by atoms with Crippen LogP contribution in [0.1, 0.15) is 16.8 Å². The number of rotatable bonds is 3. The molecule has 1 heterocycles.